The van der Waals surface area contributed by atoms with Gasteiger partial charge in [-0.15, -0.1) is 0 Å². The van der Waals surface area contributed by atoms with Crippen LogP contribution in [0.3, 0.4) is 0 Å². The summed E-state index contributed by atoms with van der Waals surface area (Å²) in [5.41, 5.74) is 3.06. The van der Waals surface area contributed by atoms with Crippen molar-refractivity contribution in [3.63, 3.8) is 0 Å². The van der Waals surface area contributed by atoms with Crippen LogP contribution in [0.25, 0.3) is 0 Å². The van der Waals surface area contributed by atoms with E-state index in [1.165, 1.54) is 6.26 Å². The molecule has 1 N–H and O–H groups in total. The van der Waals surface area contributed by atoms with Crippen molar-refractivity contribution in [2.75, 3.05) is 45.7 Å². The van der Waals surface area contributed by atoms with Gasteiger partial charge in [-0.3, -0.25) is 14.5 Å². The molecule has 178 valence electrons. The normalized spacial score (nSPS) is 14.0. The van der Waals surface area contributed by atoms with Crippen LogP contribution in [0.5, 0.6) is 11.5 Å². The second kappa shape index (κ2) is 10.4. The van der Waals surface area contributed by atoms with Gasteiger partial charge in [0.05, 0.1) is 20.5 Å². The lowest BCUT2D eigenvalue weighted by atomic mass is 10.1. The number of piperazine rings is 1. The maximum absolute atomic E-state index is 13.2. The molecule has 3 aromatic rings. The molecule has 1 aliphatic heterocycles. The van der Waals surface area contributed by atoms with Crippen LogP contribution in [0, 0.1) is 6.92 Å². The predicted octanol–water partition coefficient (Wildman–Crippen LogP) is 3.82. The number of hydrogen-bond acceptors (Lipinski definition) is 6. The van der Waals surface area contributed by atoms with Gasteiger partial charge in [0.15, 0.2) is 5.76 Å². The van der Waals surface area contributed by atoms with Gasteiger partial charge >= 0.3 is 0 Å². The van der Waals surface area contributed by atoms with Gasteiger partial charge in [-0.1, -0.05) is 6.07 Å². The van der Waals surface area contributed by atoms with Crippen LogP contribution in [0.1, 0.15) is 32.0 Å². The van der Waals surface area contributed by atoms with E-state index >= 15 is 0 Å². The number of carbonyl (C=O) groups excluding carboxylic acids is 2. The Kier molecular flexibility index (Phi) is 7.18. The number of furan rings is 1. The number of rotatable bonds is 7. The zero-order chi connectivity index (χ0) is 24.1. The summed E-state index contributed by atoms with van der Waals surface area (Å²) in [5.74, 6) is 1.44. The van der Waals surface area contributed by atoms with Crippen molar-refractivity contribution in [3.8, 4) is 11.5 Å². The first-order chi connectivity index (χ1) is 16.5. The summed E-state index contributed by atoms with van der Waals surface area (Å²) < 4.78 is 16.0. The highest BCUT2D eigenvalue weighted by atomic mass is 16.5. The van der Waals surface area contributed by atoms with Gasteiger partial charge in [0.2, 0.25) is 0 Å². The van der Waals surface area contributed by atoms with Crippen molar-refractivity contribution in [1.29, 1.82) is 0 Å². The van der Waals surface area contributed by atoms with Crippen molar-refractivity contribution < 1.29 is 23.5 Å². The van der Waals surface area contributed by atoms with Crippen molar-refractivity contribution in [3.05, 3.63) is 77.2 Å². The molecular weight excluding hydrogens is 434 g/mol. The Morgan fingerprint density at radius 2 is 1.79 bits per heavy atom. The summed E-state index contributed by atoms with van der Waals surface area (Å²) in [5, 5.41) is 2.83. The average Bonchev–Trinajstić information content (AvgIpc) is 3.41. The predicted molar refractivity (Wildman–Crippen MR) is 129 cm³/mol. The van der Waals surface area contributed by atoms with E-state index in [4.69, 9.17) is 13.9 Å². The number of nitrogens with one attached hydrogen (secondary N) is 1. The van der Waals surface area contributed by atoms with Crippen molar-refractivity contribution in [2.24, 2.45) is 0 Å². The van der Waals surface area contributed by atoms with E-state index in [9.17, 15) is 9.59 Å². The maximum atomic E-state index is 13.2. The number of anilines is 1. The van der Waals surface area contributed by atoms with Gasteiger partial charge in [-0.2, -0.15) is 0 Å². The zero-order valence-corrected chi connectivity index (χ0v) is 19.7. The summed E-state index contributed by atoms with van der Waals surface area (Å²) in [6.45, 7) is 5.34. The van der Waals surface area contributed by atoms with E-state index in [2.05, 4.69) is 10.2 Å². The molecule has 2 heterocycles. The third kappa shape index (κ3) is 5.23. The maximum Gasteiger partial charge on any atom is 0.291 e. The fraction of sp³-hybridized carbons (Fsp3) is 0.308. The molecule has 1 saturated heterocycles. The van der Waals surface area contributed by atoms with Gasteiger partial charge in [-0.05, 0) is 55.0 Å². The number of methoxy groups -OCH3 is 2. The number of hydrogen-bond donors (Lipinski definition) is 1. The number of benzene rings is 2. The molecule has 1 aromatic heterocycles. The summed E-state index contributed by atoms with van der Waals surface area (Å²) >= 11 is 0. The second-order valence-electron chi connectivity index (χ2n) is 8.21. The molecule has 1 fully saturated rings. The van der Waals surface area contributed by atoms with Crippen LogP contribution in [0.15, 0.2) is 59.2 Å². The quantitative estimate of drug-likeness (QED) is 0.574. The fourth-order valence-electron chi connectivity index (χ4n) is 4.02. The van der Waals surface area contributed by atoms with Gasteiger partial charge in [0.1, 0.15) is 11.5 Å². The van der Waals surface area contributed by atoms with E-state index in [-0.39, 0.29) is 17.6 Å². The Hall–Kier alpha value is -3.78. The van der Waals surface area contributed by atoms with Gasteiger partial charge in [0.25, 0.3) is 11.8 Å². The van der Waals surface area contributed by atoms with Crippen molar-refractivity contribution in [2.45, 2.75) is 13.5 Å². The highest BCUT2D eigenvalue weighted by molar-refractivity contribution is 6.04. The molecule has 0 spiro atoms. The molecule has 8 heteroatoms. The number of ether oxygens (including phenoxy) is 2. The fourth-order valence-corrected chi connectivity index (χ4v) is 4.02. The molecule has 0 aliphatic carbocycles. The van der Waals surface area contributed by atoms with Crippen LogP contribution in [0.4, 0.5) is 5.69 Å². The average molecular weight is 464 g/mol. The molecule has 34 heavy (non-hydrogen) atoms. The Balaban J connectivity index is 1.38. The summed E-state index contributed by atoms with van der Waals surface area (Å²) in [6, 6.07) is 14.4. The second-order valence-corrected chi connectivity index (χ2v) is 8.21. The van der Waals surface area contributed by atoms with Crippen molar-refractivity contribution in [1.82, 2.24) is 9.80 Å². The van der Waals surface area contributed by atoms with E-state index < -0.39 is 0 Å². The van der Waals surface area contributed by atoms with Gasteiger partial charge in [0, 0.05) is 49.5 Å². The Morgan fingerprint density at radius 1 is 1.00 bits per heavy atom. The minimum Gasteiger partial charge on any atom is -0.497 e. The van der Waals surface area contributed by atoms with Gasteiger partial charge in [-0.25, -0.2) is 0 Å². The molecular formula is C26H29N3O5. The molecule has 8 nitrogen and oxygen atoms in total. The standard InChI is InChI=1S/C26H29N3O5/c1-18-6-7-19(16-22(18)27-25(30)24-5-4-14-34-24)26(31)29-12-10-28(11-13-29)17-20-15-21(32-2)8-9-23(20)33-3/h4-9,14-16H,10-13,17H2,1-3H3,(H,27,30). The Morgan fingerprint density at radius 3 is 2.47 bits per heavy atom. The molecule has 1 aliphatic rings. The molecule has 0 bridgehead atoms. The molecule has 0 unspecified atom stereocenters. The van der Waals surface area contributed by atoms with E-state index in [1.807, 2.05) is 36.1 Å². The summed E-state index contributed by atoms with van der Waals surface area (Å²) in [4.78, 5) is 29.7. The first kappa shape index (κ1) is 23.4. The molecule has 0 atom stereocenters. The van der Waals surface area contributed by atoms with E-state index in [1.54, 1.807) is 38.5 Å². The monoisotopic (exact) mass is 463 g/mol. The smallest absolute Gasteiger partial charge is 0.291 e. The van der Waals surface area contributed by atoms with Crippen LogP contribution in [0.2, 0.25) is 0 Å². The van der Waals surface area contributed by atoms with Crippen LogP contribution >= 0.6 is 0 Å². The Bertz CT molecular complexity index is 1150. The first-order valence-electron chi connectivity index (χ1n) is 11.2. The number of carbonyl (C=O) groups is 2. The lowest BCUT2D eigenvalue weighted by Gasteiger charge is -2.35. The zero-order valence-electron chi connectivity index (χ0n) is 19.7. The van der Waals surface area contributed by atoms with E-state index in [0.717, 1.165) is 42.3 Å². The van der Waals surface area contributed by atoms with Crippen molar-refractivity contribution >= 4 is 17.5 Å². The summed E-state index contributed by atoms with van der Waals surface area (Å²) in [7, 11) is 3.31. The third-order valence-corrected chi connectivity index (χ3v) is 6.02. The number of amides is 2. The minimum atomic E-state index is -0.348. The van der Waals surface area contributed by atoms with Crippen LogP contribution < -0.4 is 14.8 Å². The highest BCUT2D eigenvalue weighted by Gasteiger charge is 2.24. The Labute approximate surface area is 199 Å². The summed E-state index contributed by atoms with van der Waals surface area (Å²) in [6.07, 6.45) is 1.45. The minimum absolute atomic E-state index is 0.0490. The third-order valence-electron chi connectivity index (χ3n) is 6.02. The molecule has 4 rings (SSSR count). The van der Waals surface area contributed by atoms with Crippen LogP contribution in [-0.4, -0.2) is 62.0 Å². The largest absolute Gasteiger partial charge is 0.497 e. The molecule has 2 amide bonds. The van der Waals surface area contributed by atoms with Crippen LogP contribution in [-0.2, 0) is 6.54 Å². The lowest BCUT2D eigenvalue weighted by Crippen LogP contribution is -2.48. The van der Waals surface area contributed by atoms with E-state index in [0.29, 0.717) is 24.3 Å². The molecule has 0 radical (unpaired) electrons. The number of aryl methyl sites for hydroxylation is 1. The topological polar surface area (TPSA) is 84.3 Å². The highest BCUT2D eigenvalue weighted by Crippen LogP contribution is 2.26. The lowest BCUT2D eigenvalue weighted by molar-refractivity contribution is 0.0627. The molecule has 0 saturated carbocycles. The SMILES string of the molecule is COc1ccc(OC)c(CN2CCN(C(=O)c3ccc(C)c(NC(=O)c4ccco4)c3)CC2)c1. The number of nitrogens with zero attached hydrogens (tertiary/aromatic N) is 2. The molecule has 2 aromatic carbocycles. The van der Waals surface area contributed by atoms with Gasteiger partial charge < -0.3 is 24.1 Å². The first-order valence-corrected chi connectivity index (χ1v) is 11.2.